The van der Waals surface area contributed by atoms with E-state index < -0.39 is 11.9 Å². The van der Waals surface area contributed by atoms with Crippen molar-refractivity contribution in [3.63, 3.8) is 0 Å². The third kappa shape index (κ3) is 5.77. The summed E-state index contributed by atoms with van der Waals surface area (Å²) in [7, 11) is 3.35. The van der Waals surface area contributed by atoms with Crippen molar-refractivity contribution in [3.8, 4) is 0 Å². The maximum atomic E-state index is 12.2. The molecule has 2 aromatic carbocycles. The van der Waals surface area contributed by atoms with E-state index in [1.54, 1.807) is 50.5 Å². The highest BCUT2D eigenvalue weighted by molar-refractivity contribution is 8.19. The Morgan fingerprint density at radius 3 is 2.14 bits per heavy atom. The molecule has 3 rings (SSSR count). The molecule has 0 radical (unpaired) electrons. The molecule has 0 unspecified atom stereocenters. The molecule has 1 heterocycles. The van der Waals surface area contributed by atoms with Crippen molar-refractivity contribution in [2.45, 2.75) is 4.58 Å². The molecule has 1 N–H and O–H groups in total. The van der Waals surface area contributed by atoms with Gasteiger partial charge in [0.15, 0.2) is 6.61 Å². The van der Waals surface area contributed by atoms with Crippen LogP contribution in [0.2, 0.25) is 0 Å². The second-order valence-electron chi connectivity index (χ2n) is 6.60. The number of nitrogens with one attached hydrogen (secondary N) is 1. The molecule has 0 spiro atoms. The molecular formula is C21H22N2O4S2. The fourth-order valence-electron chi connectivity index (χ4n) is 2.69. The fourth-order valence-corrected chi connectivity index (χ4v) is 5.55. The van der Waals surface area contributed by atoms with Gasteiger partial charge in [0.2, 0.25) is 0 Å². The first-order valence-corrected chi connectivity index (χ1v) is 11.2. The number of hydrogen-bond donors (Lipinski definition) is 1. The molecule has 0 aromatic heterocycles. The number of anilines is 1. The highest BCUT2D eigenvalue weighted by atomic mass is 32.2. The molecule has 0 saturated carbocycles. The van der Waals surface area contributed by atoms with Gasteiger partial charge >= 0.3 is 5.97 Å². The molecule has 0 atom stereocenters. The third-order valence-electron chi connectivity index (χ3n) is 4.20. The number of nitrogens with zero attached hydrogens (tertiary/aromatic N) is 1. The van der Waals surface area contributed by atoms with Gasteiger partial charge in [-0.1, -0.05) is 12.1 Å². The summed E-state index contributed by atoms with van der Waals surface area (Å²) in [6, 6.07) is 13.9. The number of esters is 1. The van der Waals surface area contributed by atoms with Crippen LogP contribution in [0.25, 0.3) is 0 Å². The first kappa shape index (κ1) is 21.3. The molecule has 8 heteroatoms. The maximum Gasteiger partial charge on any atom is 0.338 e. The second kappa shape index (κ2) is 9.84. The molecule has 2 aromatic rings. The van der Waals surface area contributed by atoms with Crippen LogP contribution in [-0.4, -0.2) is 54.9 Å². The van der Waals surface area contributed by atoms with Gasteiger partial charge in [0.1, 0.15) is 0 Å². The van der Waals surface area contributed by atoms with Gasteiger partial charge in [-0.25, -0.2) is 4.79 Å². The minimum absolute atomic E-state index is 0.118. The topological polar surface area (TPSA) is 75.7 Å². The molecule has 152 valence electrons. The van der Waals surface area contributed by atoms with Gasteiger partial charge in [0, 0.05) is 36.9 Å². The van der Waals surface area contributed by atoms with Crippen LogP contribution in [0, 0.1) is 0 Å². The normalized spacial score (nSPS) is 13.7. The van der Waals surface area contributed by atoms with Crippen LogP contribution in [0.4, 0.5) is 5.69 Å². The van der Waals surface area contributed by atoms with Crippen molar-refractivity contribution >= 4 is 47.0 Å². The number of thioether (sulfide) groups is 2. The van der Waals surface area contributed by atoms with Crippen molar-refractivity contribution in [1.29, 1.82) is 0 Å². The fraction of sp³-hybridized carbons (Fsp3) is 0.286. The van der Waals surface area contributed by atoms with Crippen molar-refractivity contribution in [2.75, 3.05) is 37.5 Å². The highest BCUT2D eigenvalue weighted by Gasteiger charge is 2.19. The van der Waals surface area contributed by atoms with E-state index in [2.05, 4.69) is 5.32 Å². The van der Waals surface area contributed by atoms with Crippen molar-refractivity contribution < 1.29 is 19.1 Å². The molecule has 1 aliphatic rings. The average Bonchev–Trinajstić information content (AvgIpc) is 3.27. The number of rotatable bonds is 6. The van der Waals surface area contributed by atoms with Gasteiger partial charge in [-0.2, -0.15) is 0 Å². The quantitative estimate of drug-likeness (QED) is 0.705. The number of ether oxygens (including phenoxy) is 1. The Balaban J connectivity index is 1.48. The largest absolute Gasteiger partial charge is 0.452 e. The van der Waals surface area contributed by atoms with Crippen LogP contribution in [0.15, 0.2) is 48.5 Å². The molecule has 1 fully saturated rings. The Bertz CT molecular complexity index is 877. The number of benzene rings is 2. The van der Waals surface area contributed by atoms with E-state index in [4.69, 9.17) is 4.74 Å². The summed E-state index contributed by atoms with van der Waals surface area (Å²) in [5.41, 5.74) is 2.65. The zero-order valence-corrected chi connectivity index (χ0v) is 17.8. The Morgan fingerprint density at radius 1 is 0.966 bits per heavy atom. The third-order valence-corrected chi connectivity index (χ3v) is 7.30. The van der Waals surface area contributed by atoms with E-state index in [1.807, 2.05) is 35.7 Å². The zero-order chi connectivity index (χ0) is 20.8. The maximum absolute atomic E-state index is 12.2. The summed E-state index contributed by atoms with van der Waals surface area (Å²) in [6.45, 7) is -0.382. The summed E-state index contributed by atoms with van der Waals surface area (Å²) in [5, 5.41) is 2.64. The molecule has 0 aliphatic carbocycles. The van der Waals surface area contributed by atoms with Crippen LogP contribution in [0.1, 0.15) is 30.9 Å². The summed E-state index contributed by atoms with van der Waals surface area (Å²) < 4.78 is 5.52. The Kier molecular flexibility index (Phi) is 7.22. The van der Waals surface area contributed by atoms with E-state index in [0.29, 0.717) is 21.4 Å². The number of amides is 2. The van der Waals surface area contributed by atoms with Crippen LogP contribution in [0.3, 0.4) is 0 Å². The molecular weight excluding hydrogens is 408 g/mol. The lowest BCUT2D eigenvalue weighted by Crippen LogP contribution is -2.22. The zero-order valence-electron chi connectivity index (χ0n) is 16.2. The minimum atomic E-state index is -0.537. The lowest BCUT2D eigenvalue weighted by atomic mass is 10.1. The van der Waals surface area contributed by atoms with E-state index in [-0.39, 0.29) is 12.5 Å². The Morgan fingerprint density at radius 2 is 1.55 bits per heavy atom. The van der Waals surface area contributed by atoms with Gasteiger partial charge in [-0.3, -0.25) is 9.59 Å². The molecule has 0 bridgehead atoms. The number of carbonyl (C=O) groups is 3. The molecule has 2 amide bonds. The first-order valence-electron chi connectivity index (χ1n) is 9.06. The molecule has 1 aliphatic heterocycles. The van der Waals surface area contributed by atoms with Gasteiger partial charge in [-0.15, -0.1) is 23.5 Å². The van der Waals surface area contributed by atoms with Gasteiger partial charge in [0.25, 0.3) is 11.8 Å². The molecule has 1 saturated heterocycles. The van der Waals surface area contributed by atoms with Crippen LogP contribution in [-0.2, 0) is 9.53 Å². The predicted octanol–water partition coefficient (Wildman–Crippen LogP) is 3.66. The van der Waals surface area contributed by atoms with Gasteiger partial charge in [0.05, 0.1) is 10.1 Å². The monoisotopic (exact) mass is 430 g/mol. The van der Waals surface area contributed by atoms with Crippen LogP contribution in [0.5, 0.6) is 0 Å². The average molecular weight is 431 g/mol. The highest BCUT2D eigenvalue weighted by Crippen LogP contribution is 2.45. The van der Waals surface area contributed by atoms with E-state index in [1.165, 1.54) is 10.5 Å². The SMILES string of the molecule is CN(C)C(=O)c1ccc(NC(=O)COC(=O)c2ccc(C3SCCS3)cc2)cc1. The van der Waals surface area contributed by atoms with E-state index in [0.717, 1.165) is 11.5 Å². The summed E-state index contributed by atoms with van der Waals surface area (Å²) in [6.07, 6.45) is 0. The summed E-state index contributed by atoms with van der Waals surface area (Å²) >= 11 is 3.80. The number of hydrogen-bond acceptors (Lipinski definition) is 6. The van der Waals surface area contributed by atoms with Gasteiger partial charge < -0.3 is 15.0 Å². The molecule has 29 heavy (non-hydrogen) atoms. The van der Waals surface area contributed by atoms with Crippen LogP contribution < -0.4 is 5.32 Å². The Labute approximate surface area is 178 Å². The molecule has 6 nitrogen and oxygen atoms in total. The second-order valence-corrected chi connectivity index (χ2v) is 9.32. The van der Waals surface area contributed by atoms with E-state index in [9.17, 15) is 14.4 Å². The van der Waals surface area contributed by atoms with Crippen molar-refractivity contribution in [3.05, 3.63) is 65.2 Å². The standard InChI is InChI=1S/C21H22N2O4S2/c1-23(2)19(25)14-7-9-17(10-8-14)22-18(24)13-27-20(26)15-3-5-16(6-4-15)21-28-11-12-29-21/h3-10,21H,11-13H2,1-2H3,(H,22,24). The summed E-state index contributed by atoms with van der Waals surface area (Å²) in [5.74, 6) is 1.19. The smallest absolute Gasteiger partial charge is 0.338 e. The summed E-state index contributed by atoms with van der Waals surface area (Å²) in [4.78, 5) is 37.5. The first-order chi connectivity index (χ1) is 13.9. The van der Waals surface area contributed by atoms with Gasteiger partial charge in [-0.05, 0) is 42.0 Å². The van der Waals surface area contributed by atoms with Crippen molar-refractivity contribution in [2.24, 2.45) is 0 Å². The number of carbonyl (C=O) groups excluding carboxylic acids is 3. The Hall–Kier alpha value is -2.45. The van der Waals surface area contributed by atoms with Crippen molar-refractivity contribution in [1.82, 2.24) is 4.90 Å². The lowest BCUT2D eigenvalue weighted by molar-refractivity contribution is -0.119. The van der Waals surface area contributed by atoms with E-state index >= 15 is 0 Å². The van der Waals surface area contributed by atoms with Crippen LogP contribution >= 0.6 is 23.5 Å². The minimum Gasteiger partial charge on any atom is -0.452 e. The lowest BCUT2D eigenvalue weighted by Gasteiger charge is -2.11. The predicted molar refractivity (Wildman–Crippen MR) is 117 cm³/mol.